The van der Waals surface area contributed by atoms with E-state index in [1.807, 2.05) is 13.0 Å². The molecule has 0 radical (unpaired) electrons. The van der Waals surface area contributed by atoms with Gasteiger partial charge in [0.05, 0.1) is 20.3 Å². The van der Waals surface area contributed by atoms with E-state index in [0.717, 1.165) is 12.1 Å². The monoisotopic (exact) mass is 317 g/mol. The second kappa shape index (κ2) is 10.7. The molecule has 1 rings (SSSR count). The highest BCUT2D eigenvalue weighted by atomic mass is 35.5. The molecule has 0 unspecified atom stereocenters. The third-order valence-corrected chi connectivity index (χ3v) is 3.01. The van der Waals surface area contributed by atoms with Crippen LogP contribution >= 0.6 is 11.6 Å². The lowest BCUT2D eigenvalue weighted by Gasteiger charge is -2.16. The van der Waals surface area contributed by atoms with Gasteiger partial charge in [-0.3, -0.25) is 0 Å². The van der Waals surface area contributed by atoms with Gasteiger partial charge >= 0.3 is 0 Å². The Balaban J connectivity index is 2.74. The maximum atomic E-state index is 6.11. The summed E-state index contributed by atoms with van der Waals surface area (Å²) in [4.78, 5) is 0. The Labute approximate surface area is 131 Å². The largest absolute Gasteiger partial charge is 0.493 e. The number of methoxy groups -OCH3 is 2. The number of ether oxygens (including phenoxy) is 4. The van der Waals surface area contributed by atoms with Crippen molar-refractivity contribution in [2.75, 3.05) is 47.2 Å². The van der Waals surface area contributed by atoms with E-state index in [9.17, 15) is 0 Å². The van der Waals surface area contributed by atoms with Crippen molar-refractivity contribution in [2.24, 2.45) is 0 Å². The molecule has 0 saturated heterocycles. The maximum absolute atomic E-state index is 6.11. The molecule has 0 amide bonds. The fraction of sp³-hybridized carbons (Fsp3) is 0.600. The first-order valence-corrected chi connectivity index (χ1v) is 7.37. The normalized spacial score (nSPS) is 10.7. The molecule has 0 bridgehead atoms. The van der Waals surface area contributed by atoms with Crippen molar-refractivity contribution in [1.82, 2.24) is 5.32 Å². The summed E-state index contributed by atoms with van der Waals surface area (Å²) in [6.07, 6.45) is 0. The third kappa shape index (κ3) is 6.52. The van der Waals surface area contributed by atoms with Crippen LogP contribution in [0, 0.1) is 0 Å². The summed E-state index contributed by atoms with van der Waals surface area (Å²) in [6, 6.07) is 3.62. The molecule has 5 nitrogen and oxygen atoms in total. The number of hydrogen-bond donors (Lipinski definition) is 1. The number of nitrogens with one attached hydrogen (secondary N) is 1. The van der Waals surface area contributed by atoms with Crippen LogP contribution < -0.4 is 14.8 Å². The molecule has 6 heteroatoms. The van der Waals surface area contributed by atoms with E-state index in [1.165, 1.54) is 0 Å². The zero-order valence-electron chi connectivity index (χ0n) is 12.9. The summed E-state index contributed by atoms with van der Waals surface area (Å²) < 4.78 is 21.4. The maximum Gasteiger partial charge on any atom is 0.165 e. The van der Waals surface area contributed by atoms with E-state index in [-0.39, 0.29) is 0 Å². The molecule has 21 heavy (non-hydrogen) atoms. The average Bonchev–Trinajstić information content (AvgIpc) is 2.49. The van der Waals surface area contributed by atoms with Gasteiger partial charge in [-0.2, -0.15) is 0 Å². The lowest BCUT2D eigenvalue weighted by atomic mass is 10.2. The number of rotatable bonds is 11. The predicted molar refractivity (Wildman–Crippen MR) is 83.6 cm³/mol. The number of benzene rings is 1. The third-order valence-electron chi connectivity index (χ3n) is 2.79. The minimum atomic E-state index is 0.469. The molecule has 1 N–H and O–H groups in total. The molecule has 1 aromatic carbocycles. The van der Waals surface area contributed by atoms with Crippen molar-refractivity contribution < 1.29 is 18.9 Å². The molecule has 0 atom stereocenters. The molecule has 0 fully saturated rings. The van der Waals surface area contributed by atoms with Crippen molar-refractivity contribution in [1.29, 1.82) is 0 Å². The number of halogens is 1. The van der Waals surface area contributed by atoms with E-state index in [0.29, 0.717) is 49.5 Å². The Morgan fingerprint density at radius 2 is 1.95 bits per heavy atom. The topological polar surface area (TPSA) is 49.0 Å². The molecule has 0 spiro atoms. The van der Waals surface area contributed by atoms with Crippen LogP contribution in [0.2, 0.25) is 5.02 Å². The van der Waals surface area contributed by atoms with Gasteiger partial charge in [0, 0.05) is 43.5 Å². The minimum absolute atomic E-state index is 0.469. The summed E-state index contributed by atoms with van der Waals surface area (Å²) in [7, 11) is 3.27. The van der Waals surface area contributed by atoms with Crippen molar-refractivity contribution in [2.45, 2.75) is 13.5 Å². The van der Waals surface area contributed by atoms with Crippen molar-refractivity contribution in [3.63, 3.8) is 0 Å². The Hall–Kier alpha value is -1.01. The molecular formula is C15H24ClNO4. The summed E-state index contributed by atoms with van der Waals surface area (Å²) >= 11 is 6.11. The summed E-state index contributed by atoms with van der Waals surface area (Å²) in [5.74, 6) is 1.33. The molecular weight excluding hydrogens is 294 g/mol. The molecule has 120 valence electrons. The molecule has 0 aliphatic heterocycles. The van der Waals surface area contributed by atoms with Crippen LogP contribution in [-0.2, 0) is 16.0 Å². The molecule has 0 saturated carbocycles. The SMILES string of the molecule is CCOCCOc1c(CNCCOC)cc(Cl)cc1OC. The van der Waals surface area contributed by atoms with Gasteiger partial charge in [0.1, 0.15) is 6.61 Å². The number of hydrogen-bond acceptors (Lipinski definition) is 5. The van der Waals surface area contributed by atoms with Gasteiger partial charge in [-0.05, 0) is 13.0 Å². The lowest BCUT2D eigenvalue weighted by molar-refractivity contribution is 0.108. The standard InChI is InChI=1S/C15H24ClNO4/c1-4-20-7-8-21-15-12(11-17-5-6-18-2)9-13(16)10-14(15)19-3/h9-10,17H,4-8,11H2,1-3H3. The van der Waals surface area contributed by atoms with Crippen LogP contribution in [0.15, 0.2) is 12.1 Å². The van der Waals surface area contributed by atoms with Crippen molar-refractivity contribution in [3.05, 3.63) is 22.7 Å². The van der Waals surface area contributed by atoms with Crippen molar-refractivity contribution >= 4 is 11.6 Å². The van der Waals surface area contributed by atoms with Crippen LogP contribution in [0.25, 0.3) is 0 Å². The van der Waals surface area contributed by atoms with Gasteiger partial charge < -0.3 is 24.3 Å². The van der Waals surface area contributed by atoms with E-state index in [2.05, 4.69) is 5.32 Å². The zero-order valence-corrected chi connectivity index (χ0v) is 13.7. The van der Waals surface area contributed by atoms with Gasteiger partial charge in [0.2, 0.25) is 0 Å². The molecule has 0 heterocycles. The average molecular weight is 318 g/mol. The summed E-state index contributed by atoms with van der Waals surface area (Å²) in [5, 5.41) is 3.89. The highest BCUT2D eigenvalue weighted by Gasteiger charge is 2.12. The van der Waals surface area contributed by atoms with Gasteiger partial charge in [-0.15, -0.1) is 0 Å². The van der Waals surface area contributed by atoms with Crippen LogP contribution in [0.5, 0.6) is 11.5 Å². The quantitative estimate of drug-likeness (QED) is 0.635. The van der Waals surface area contributed by atoms with E-state index in [1.54, 1.807) is 20.3 Å². The summed E-state index contributed by atoms with van der Waals surface area (Å²) in [6.45, 7) is 5.67. The Kier molecular flexibility index (Phi) is 9.17. The van der Waals surface area contributed by atoms with Gasteiger partial charge in [-0.25, -0.2) is 0 Å². The molecule has 0 aliphatic rings. The van der Waals surface area contributed by atoms with Gasteiger partial charge in [0.25, 0.3) is 0 Å². The minimum Gasteiger partial charge on any atom is -0.493 e. The van der Waals surface area contributed by atoms with Crippen LogP contribution in [0.3, 0.4) is 0 Å². The molecule has 0 aromatic heterocycles. The predicted octanol–water partition coefficient (Wildman–Crippen LogP) is 2.50. The highest BCUT2D eigenvalue weighted by Crippen LogP contribution is 2.34. The first-order valence-electron chi connectivity index (χ1n) is 6.99. The fourth-order valence-electron chi connectivity index (χ4n) is 1.81. The first kappa shape index (κ1) is 18.0. The highest BCUT2D eigenvalue weighted by molar-refractivity contribution is 6.30. The van der Waals surface area contributed by atoms with Crippen LogP contribution in [0.1, 0.15) is 12.5 Å². The zero-order chi connectivity index (χ0) is 15.5. The molecule has 0 aliphatic carbocycles. The van der Waals surface area contributed by atoms with Crippen LogP contribution in [-0.4, -0.2) is 47.2 Å². The Morgan fingerprint density at radius 1 is 1.14 bits per heavy atom. The Morgan fingerprint density at radius 3 is 2.62 bits per heavy atom. The second-order valence-corrected chi connectivity index (χ2v) is 4.75. The smallest absolute Gasteiger partial charge is 0.165 e. The lowest BCUT2D eigenvalue weighted by Crippen LogP contribution is -2.19. The second-order valence-electron chi connectivity index (χ2n) is 4.31. The summed E-state index contributed by atoms with van der Waals surface area (Å²) in [5.41, 5.74) is 0.951. The van der Waals surface area contributed by atoms with E-state index in [4.69, 9.17) is 30.5 Å². The van der Waals surface area contributed by atoms with Gasteiger partial charge in [0.15, 0.2) is 11.5 Å². The van der Waals surface area contributed by atoms with Crippen LogP contribution in [0.4, 0.5) is 0 Å². The van der Waals surface area contributed by atoms with Gasteiger partial charge in [-0.1, -0.05) is 11.6 Å². The fourth-order valence-corrected chi connectivity index (χ4v) is 2.04. The van der Waals surface area contributed by atoms with E-state index < -0.39 is 0 Å². The van der Waals surface area contributed by atoms with Crippen molar-refractivity contribution in [3.8, 4) is 11.5 Å². The van der Waals surface area contributed by atoms with E-state index >= 15 is 0 Å². The first-order chi connectivity index (χ1) is 10.2. The Bertz CT molecular complexity index is 415. The molecule has 1 aromatic rings.